The first-order valence-electron chi connectivity index (χ1n) is 8.96. The van der Waals surface area contributed by atoms with Crippen LogP contribution in [0.15, 0.2) is 16.5 Å². The SMILES string of the molecule is CNC(=O)c1ccc(CN2C[C@H]3C[C@H](C2)[C@@H]2CCCC(=O)N2C3)o1. The van der Waals surface area contributed by atoms with Gasteiger partial charge in [0.05, 0.1) is 6.54 Å². The molecule has 6 heteroatoms. The largest absolute Gasteiger partial charge is 0.455 e. The number of rotatable bonds is 3. The number of piperidine rings is 3. The second-order valence-corrected chi connectivity index (χ2v) is 7.41. The highest BCUT2D eigenvalue weighted by Gasteiger charge is 2.43. The lowest BCUT2D eigenvalue weighted by Crippen LogP contribution is -2.60. The van der Waals surface area contributed by atoms with Gasteiger partial charge < -0.3 is 14.6 Å². The quantitative estimate of drug-likeness (QED) is 0.911. The van der Waals surface area contributed by atoms with E-state index in [1.807, 2.05) is 6.07 Å². The minimum Gasteiger partial charge on any atom is -0.455 e. The lowest BCUT2D eigenvalue weighted by atomic mass is 9.76. The number of fused-ring (bicyclic) bond motifs is 4. The highest BCUT2D eigenvalue weighted by molar-refractivity contribution is 5.91. The lowest BCUT2D eigenvalue weighted by molar-refractivity contribution is -0.145. The molecule has 130 valence electrons. The number of amides is 2. The third-order valence-electron chi connectivity index (χ3n) is 5.75. The van der Waals surface area contributed by atoms with Crippen molar-refractivity contribution in [3.63, 3.8) is 0 Å². The molecule has 3 fully saturated rings. The van der Waals surface area contributed by atoms with Crippen molar-refractivity contribution in [2.24, 2.45) is 11.8 Å². The van der Waals surface area contributed by atoms with Crippen LogP contribution < -0.4 is 5.32 Å². The van der Waals surface area contributed by atoms with Crippen LogP contribution in [0.4, 0.5) is 0 Å². The summed E-state index contributed by atoms with van der Waals surface area (Å²) in [4.78, 5) is 28.4. The molecule has 0 spiro atoms. The van der Waals surface area contributed by atoms with Crippen LogP contribution in [0.1, 0.15) is 42.0 Å². The summed E-state index contributed by atoms with van der Waals surface area (Å²) >= 11 is 0. The molecule has 6 nitrogen and oxygen atoms in total. The zero-order valence-corrected chi connectivity index (χ0v) is 14.2. The summed E-state index contributed by atoms with van der Waals surface area (Å²) in [5.74, 6) is 2.52. The second kappa shape index (κ2) is 6.24. The van der Waals surface area contributed by atoms with Gasteiger partial charge in [-0.2, -0.15) is 0 Å². The van der Waals surface area contributed by atoms with Crippen molar-refractivity contribution in [2.75, 3.05) is 26.7 Å². The highest BCUT2D eigenvalue weighted by Crippen LogP contribution is 2.38. The molecule has 1 N–H and O–H groups in total. The summed E-state index contributed by atoms with van der Waals surface area (Å²) < 4.78 is 5.67. The van der Waals surface area contributed by atoms with E-state index < -0.39 is 0 Å². The van der Waals surface area contributed by atoms with Crippen molar-refractivity contribution < 1.29 is 14.0 Å². The molecule has 0 unspecified atom stereocenters. The molecule has 4 rings (SSSR count). The van der Waals surface area contributed by atoms with Crippen LogP contribution in [0, 0.1) is 11.8 Å². The molecule has 3 aliphatic rings. The van der Waals surface area contributed by atoms with Crippen LogP contribution in [0.25, 0.3) is 0 Å². The maximum Gasteiger partial charge on any atom is 0.286 e. The maximum absolute atomic E-state index is 12.2. The van der Waals surface area contributed by atoms with Crippen molar-refractivity contribution in [1.82, 2.24) is 15.1 Å². The summed E-state index contributed by atoms with van der Waals surface area (Å²) in [6.45, 7) is 3.67. The monoisotopic (exact) mass is 331 g/mol. The van der Waals surface area contributed by atoms with Crippen molar-refractivity contribution in [1.29, 1.82) is 0 Å². The third-order valence-corrected chi connectivity index (χ3v) is 5.75. The number of carbonyl (C=O) groups is 2. The number of hydrogen-bond donors (Lipinski definition) is 1. The summed E-state index contributed by atoms with van der Waals surface area (Å²) in [7, 11) is 1.60. The summed E-state index contributed by atoms with van der Waals surface area (Å²) in [5, 5.41) is 2.58. The minimum absolute atomic E-state index is 0.187. The average Bonchev–Trinajstić information content (AvgIpc) is 3.03. The number of nitrogens with one attached hydrogen (secondary N) is 1. The molecule has 0 saturated carbocycles. The van der Waals surface area contributed by atoms with Crippen molar-refractivity contribution in [2.45, 2.75) is 38.3 Å². The fraction of sp³-hybridized carbons (Fsp3) is 0.667. The second-order valence-electron chi connectivity index (χ2n) is 7.41. The Labute approximate surface area is 142 Å². The van der Waals surface area contributed by atoms with Crippen molar-refractivity contribution in [3.8, 4) is 0 Å². The first-order valence-corrected chi connectivity index (χ1v) is 8.96. The van der Waals surface area contributed by atoms with Crippen molar-refractivity contribution >= 4 is 11.8 Å². The molecule has 4 heterocycles. The van der Waals surface area contributed by atoms with Gasteiger partial charge in [-0.25, -0.2) is 0 Å². The average molecular weight is 331 g/mol. The van der Waals surface area contributed by atoms with E-state index in [1.165, 1.54) is 6.42 Å². The fourth-order valence-electron chi connectivity index (χ4n) is 4.77. The topological polar surface area (TPSA) is 65.8 Å². The lowest BCUT2D eigenvalue weighted by Gasteiger charge is -2.52. The summed E-state index contributed by atoms with van der Waals surface area (Å²) in [6.07, 6.45) is 4.16. The Kier molecular flexibility index (Phi) is 4.08. The standard InChI is InChI=1S/C18H25N3O3/c1-19-18(23)16-6-5-14(24-16)11-20-8-12-7-13(10-20)15-3-2-4-17(22)21(15)9-12/h5-6,12-13,15H,2-4,7-11H2,1H3,(H,19,23)/t12-,13-,15+/m1/s1. The van der Waals surface area contributed by atoms with Gasteiger partial charge in [0.15, 0.2) is 5.76 Å². The van der Waals surface area contributed by atoms with Crippen molar-refractivity contribution in [3.05, 3.63) is 23.7 Å². The van der Waals surface area contributed by atoms with Gasteiger partial charge in [-0.3, -0.25) is 14.5 Å². The molecular weight excluding hydrogens is 306 g/mol. The van der Waals surface area contributed by atoms with Crippen LogP contribution in [0.3, 0.4) is 0 Å². The Morgan fingerprint density at radius 3 is 3.04 bits per heavy atom. The predicted molar refractivity (Wildman–Crippen MR) is 88.3 cm³/mol. The molecule has 0 aromatic carbocycles. The Morgan fingerprint density at radius 1 is 1.33 bits per heavy atom. The number of hydrogen-bond acceptors (Lipinski definition) is 4. The van der Waals surface area contributed by atoms with Gasteiger partial charge >= 0.3 is 0 Å². The molecule has 3 atom stereocenters. The van der Waals surface area contributed by atoms with Gasteiger partial charge in [0.1, 0.15) is 5.76 Å². The number of furan rings is 1. The Hall–Kier alpha value is -1.82. The molecule has 2 bridgehead atoms. The molecule has 3 aliphatic heterocycles. The summed E-state index contributed by atoms with van der Waals surface area (Å²) in [6, 6.07) is 4.06. The van der Waals surface area contributed by atoms with E-state index >= 15 is 0 Å². The zero-order chi connectivity index (χ0) is 16.7. The molecule has 1 aromatic rings. The zero-order valence-electron chi connectivity index (χ0n) is 14.2. The third kappa shape index (κ3) is 2.83. The normalized spacial score (nSPS) is 30.1. The van der Waals surface area contributed by atoms with E-state index in [-0.39, 0.29) is 5.91 Å². The molecule has 24 heavy (non-hydrogen) atoms. The molecule has 3 saturated heterocycles. The molecule has 2 amide bonds. The molecule has 1 aromatic heterocycles. The van der Waals surface area contributed by atoms with Crippen LogP contribution >= 0.6 is 0 Å². The van der Waals surface area contributed by atoms with Gasteiger partial charge in [0.25, 0.3) is 5.91 Å². The van der Waals surface area contributed by atoms with E-state index in [9.17, 15) is 9.59 Å². The molecule has 0 aliphatic carbocycles. The molecule has 0 radical (unpaired) electrons. The van der Waals surface area contributed by atoms with Gasteiger partial charge in [0, 0.05) is 39.1 Å². The van der Waals surface area contributed by atoms with Crippen LogP contribution in [0.2, 0.25) is 0 Å². The van der Waals surface area contributed by atoms with E-state index in [4.69, 9.17) is 4.42 Å². The van der Waals surface area contributed by atoms with Crippen LogP contribution in [0.5, 0.6) is 0 Å². The van der Waals surface area contributed by atoms with E-state index in [2.05, 4.69) is 15.1 Å². The van der Waals surface area contributed by atoms with Gasteiger partial charge in [-0.05, 0) is 43.2 Å². The Morgan fingerprint density at radius 2 is 2.21 bits per heavy atom. The van der Waals surface area contributed by atoms with Crippen LogP contribution in [-0.4, -0.2) is 54.3 Å². The van der Waals surface area contributed by atoms with Gasteiger partial charge in [-0.15, -0.1) is 0 Å². The fourth-order valence-corrected chi connectivity index (χ4v) is 4.77. The Balaban J connectivity index is 1.43. The first kappa shape index (κ1) is 15.7. The Bertz CT molecular complexity index is 641. The smallest absolute Gasteiger partial charge is 0.286 e. The number of likely N-dealkylation sites (tertiary alicyclic amines) is 1. The number of carbonyl (C=O) groups excluding carboxylic acids is 2. The van der Waals surface area contributed by atoms with Crippen LogP contribution in [-0.2, 0) is 11.3 Å². The van der Waals surface area contributed by atoms with Gasteiger partial charge in [0.2, 0.25) is 5.91 Å². The van der Waals surface area contributed by atoms with Gasteiger partial charge in [-0.1, -0.05) is 0 Å². The first-order chi connectivity index (χ1) is 11.6. The van der Waals surface area contributed by atoms with E-state index in [0.717, 1.165) is 51.2 Å². The highest BCUT2D eigenvalue weighted by atomic mass is 16.4. The van der Waals surface area contributed by atoms with E-state index in [0.29, 0.717) is 29.5 Å². The molecular formula is C18H25N3O3. The predicted octanol–water partition coefficient (Wildman–Crippen LogP) is 1.47. The minimum atomic E-state index is -0.187. The summed E-state index contributed by atoms with van der Waals surface area (Å²) in [5.41, 5.74) is 0. The van der Waals surface area contributed by atoms with E-state index in [1.54, 1.807) is 13.1 Å². The maximum atomic E-state index is 12.2. The number of nitrogens with zero attached hydrogens (tertiary/aromatic N) is 2.